The lowest BCUT2D eigenvalue weighted by molar-refractivity contribution is -0.119. The van der Waals surface area contributed by atoms with Crippen LogP contribution in [-0.2, 0) is 20.8 Å². The van der Waals surface area contributed by atoms with Crippen LogP contribution in [0.3, 0.4) is 0 Å². The Kier molecular flexibility index (Phi) is 5.65. The zero-order chi connectivity index (χ0) is 19.6. The Morgan fingerprint density at radius 2 is 2.22 bits per heavy atom. The second-order valence-electron chi connectivity index (χ2n) is 6.90. The van der Waals surface area contributed by atoms with Crippen molar-refractivity contribution in [1.29, 1.82) is 0 Å². The molecule has 2 N–H and O–H groups in total. The lowest BCUT2D eigenvalue weighted by atomic mass is 10.1. The fourth-order valence-corrected chi connectivity index (χ4v) is 3.35. The number of carbonyl (C=O) groups excluding carboxylic acids is 2. The minimum Gasteiger partial charge on any atom is -0.464 e. The van der Waals surface area contributed by atoms with Crippen LogP contribution in [0.2, 0.25) is 0 Å². The normalized spacial score (nSPS) is 16.7. The molecular weight excluding hydrogens is 348 g/mol. The van der Waals surface area contributed by atoms with Gasteiger partial charge >= 0.3 is 5.97 Å². The van der Waals surface area contributed by atoms with Crippen molar-refractivity contribution in [1.82, 2.24) is 9.55 Å². The number of esters is 1. The van der Waals surface area contributed by atoms with Crippen LogP contribution in [0.25, 0.3) is 11.0 Å². The molecule has 1 saturated heterocycles. The predicted octanol–water partition coefficient (Wildman–Crippen LogP) is 2.64. The van der Waals surface area contributed by atoms with Crippen LogP contribution in [0, 0.1) is 5.92 Å². The molecule has 8 heteroatoms. The number of nitrogens with one attached hydrogen (secondary N) is 2. The largest absolute Gasteiger partial charge is 0.464 e. The lowest BCUT2D eigenvalue weighted by Crippen LogP contribution is -2.24. The number of hydrogen-bond acceptors (Lipinski definition) is 6. The van der Waals surface area contributed by atoms with Crippen LogP contribution in [0.4, 0.5) is 11.4 Å². The molecular formula is C19H26N4O4. The molecule has 2 aromatic heterocycles. The average molecular weight is 374 g/mol. The monoisotopic (exact) mass is 374 g/mol. The minimum absolute atomic E-state index is 0.157. The number of nitrogens with zero attached hydrogens (tertiary/aromatic N) is 2. The number of fused-ring (bicyclic) bond motifs is 1. The van der Waals surface area contributed by atoms with Crippen molar-refractivity contribution < 1.29 is 19.1 Å². The van der Waals surface area contributed by atoms with Gasteiger partial charge in [-0.1, -0.05) is 0 Å². The first-order valence-corrected chi connectivity index (χ1v) is 9.21. The van der Waals surface area contributed by atoms with Gasteiger partial charge in [-0.15, -0.1) is 0 Å². The molecule has 0 spiro atoms. The van der Waals surface area contributed by atoms with E-state index >= 15 is 0 Å². The average Bonchev–Trinajstić information content (AvgIpc) is 3.27. The number of aryl methyl sites for hydroxylation is 1. The number of methoxy groups -OCH3 is 1. The van der Waals surface area contributed by atoms with E-state index in [2.05, 4.69) is 15.6 Å². The Morgan fingerprint density at radius 3 is 2.81 bits per heavy atom. The SMILES string of the molecule is CCn1c(C(=O)OC)c(NC(=O)C2CCOC2)c2cc(NC(C)C)cnc21. The molecule has 8 nitrogen and oxygen atoms in total. The summed E-state index contributed by atoms with van der Waals surface area (Å²) in [5.41, 5.74) is 2.19. The molecule has 27 heavy (non-hydrogen) atoms. The number of amides is 1. The zero-order valence-electron chi connectivity index (χ0n) is 16.2. The van der Waals surface area contributed by atoms with Crippen molar-refractivity contribution >= 4 is 34.3 Å². The molecule has 1 aliphatic heterocycles. The molecule has 1 aliphatic rings. The summed E-state index contributed by atoms with van der Waals surface area (Å²) >= 11 is 0. The zero-order valence-corrected chi connectivity index (χ0v) is 16.2. The van der Waals surface area contributed by atoms with Gasteiger partial charge in [0.1, 0.15) is 5.65 Å². The molecule has 0 aromatic carbocycles. The van der Waals surface area contributed by atoms with Gasteiger partial charge in [0.2, 0.25) is 5.91 Å². The smallest absolute Gasteiger partial charge is 0.356 e. The summed E-state index contributed by atoms with van der Waals surface area (Å²) in [4.78, 5) is 29.7. The second kappa shape index (κ2) is 7.96. The Hall–Kier alpha value is -2.61. The summed E-state index contributed by atoms with van der Waals surface area (Å²) < 4.78 is 12.0. The Morgan fingerprint density at radius 1 is 1.44 bits per heavy atom. The van der Waals surface area contributed by atoms with E-state index in [-0.39, 0.29) is 17.9 Å². The van der Waals surface area contributed by atoms with Crippen LogP contribution in [0.5, 0.6) is 0 Å². The van der Waals surface area contributed by atoms with Gasteiger partial charge in [0.05, 0.1) is 37.2 Å². The molecule has 0 saturated carbocycles. The van der Waals surface area contributed by atoms with Gasteiger partial charge in [0, 0.05) is 24.6 Å². The highest BCUT2D eigenvalue weighted by Crippen LogP contribution is 2.33. The van der Waals surface area contributed by atoms with Gasteiger partial charge < -0.3 is 24.7 Å². The van der Waals surface area contributed by atoms with Crippen LogP contribution < -0.4 is 10.6 Å². The van der Waals surface area contributed by atoms with Crippen molar-refractivity contribution in [2.75, 3.05) is 31.0 Å². The molecule has 2 aromatic rings. The van der Waals surface area contributed by atoms with Crippen LogP contribution in [0.15, 0.2) is 12.3 Å². The summed E-state index contributed by atoms with van der Waals surface area (Å²) in [5.74, 6) is -0.887. The number of anilines is 2. The highest BCUT2D eigenvalue weighted by molar-refractivity contribution is 6.11. The van der Waals surface area contributed by atoms with Gasteiger partial charge in [0.25, 0.3) is 0 Å². The van der Waals surface area contributed by atoms with Gasteiger partial charge in [0.15, 0.2) is 5.69 Å². The number of hydrogen-bond donors (Lipinski definition) is 2. The van der Waals surface area contributed by atoms with E-state index in [1.165, 1.54) is 7.11 Å². The molecule has 3 heterocycles. The maximum atomic E-state index is 12.7. The fourth-order valence-electron chi connectivity index (χ4n) is 3.35. The third-order valence-electron chi connectivity index (χ3n) is 4.60. The molecule has 1 unspecified atom stereocenters. The van der Waals surface area contributed by atoms with E-state index in [0.29, 0.717) is 48.6 Å². The summed E-state index contributed by atoms with van der Waals surface area (Å²) in [6.45, 7) is 7.47. The van der Waals surface area contributed by atoms with E-state index in [1.54, 1.807) is 10.8 Å². The Bertz CT molecular complexity index is 853. The molecule has 0 bridgehead atoms. The first kappa shape index (κ1) is 19.2. The number of aromatic nitrogens is 2. The maximum Gasteiger partial charge on any atom is 0.356 e. The number of pyridine rings is 1. The number of rotatable bonds is 6. The van der Waals surface area contributed by atoms with Crippen molar-refractivity contribution in [2.45, 2.75) is 39.8 Å². The summed E-state index contributed by atoms with van der Waals surface area (Å²) in [6, 6.07) is 2.13. The Balaban J connectivity index is 2.12. The van der Waals surface area contributed by atoms with E-state index in [4.69, 9.17) is 9.47 Å². The Labute approximate surface area is 158 Å². The van der Waals surface area contributed by atoms with Crippen molar-refractivity contribution in [3.8, 4) is 0 Å². The van der Waals surface area contributed by atoms with Gasteiger partial charge in [-0.2, -0.15) is 0 Å². The van der Waals surface area contributed by atoms with Gasteiger partial charge in [-0.25, -0.2) is 9.78 Å². The standard InChI is InChI=1S/C19H26N4O4/c1-5-23-16(19(25)26-4)15(22-18(24)12-6-7-27-10-12)14-8-13(21-11(2)3)9-20-17(14)23/h8-9,11-12,21H,5-7,10H2,1-4H3,(H,22,24). The maximum absolute atomic E-state index is 12.7. The molecule has 1 fully saturated rings. The molecule has 1 amide bonds. The topological polar surface area (TPSA) is 94.5 Å². The van der Waals surface area contributed by atoms with Gasteiger partial charge in [-0.05, 0) is 33.3 Å². The summed E-state index contributed by atoms with van der Waals surface area (Å²) in [7, 11) is 1.33. The summed E-state index contributed by atoms with van der Waals surface area (Å²) in [5, 5.41) is 6.94. The van der Waals surface area contributed by atoms with Crippen LogP contribution in [-0.4, -0.2) is 47.8 Å². The quantitative estimate of drug-likeness (QED) is 0.755. The number of carbonyl (C=O) groups is 2. The highest BCUT2D eigenvalue weighted by Gasteiger charge is 2.29. The molecule has 3 rings (SSSR count). The molecule has 146 valence electrons. The highest BCUT2D eigenvalue weighted by atomic mass is 16.5. The summed E-state index contributed by atoms with van der Waals surface area (Å²) in [6.07, 6.45) is 2.40. The van der Waals surface area contributed by atoms with Crippen LogP contribution in [0.1, 0.15) is 37.7 Å². The molecule has 0 radical (unpaired) electrons. The van der Waals surface area contributed by atoms with Crippen molar-refractivity contribution in [2.24, 2.45) is 5.92 Å². The van der Waals surface area contributed by atoms with E-state index in [1.807, 2.05) is 26.8 Å². The van der Waals surface area contributed by atoms with E-state index in [0.717, 1.165) is 5.69 Å². The van der Waals surface area contributed by atoms with E-state index in [9.17, 15) is 9.59 Å². The van der Waals surface area contributed by atoms with E-state index < -0.39 is 5.97 Å². The minimum atomic E-state index is -0.508. The van der Waals surface area contributed by atoms with Crippen molar-refractivity contribution in [3.63, 3.8) is 0 Å². The van der Waals surface area contributed by atoms with Crippen molar-refractivity contribution in [3.05, 3.63) is 18.0 Å². The fraction of sp³-hybridized carbons (Fsp3) is 0.526. The molecule has 0 aliphatic carbocycles. The van der Waals surface area contributed by atoms with Crippen LogP contribution >= 0.6 is 0 Å². The predicted molar refractivity (Wildman–Crippen MR) is 103 cm³/mol. The second-order valence-corrected chi connectivity index (χ2v) is 6.90. The molecule has 1 atom stereocenters. The number of ether oxygens (including phenoxy) is 2. The first-order chi connectivity index (χ1) is 13.0. The first-order valence-electron chi connectivity index (χ1n) is 9.21. The lowest BCUT2D eigenvalue weighted by Gasteiger charge is -2.12. The third kappa shape index (κ3) is 3.75. The third-order valence-corrected chi connectivity index (χ3v) is 4.60. The van der Waals surface area contributed by atoms with Gasteiger partial charge in [-0.3, -0.25) is 4.79 Å².